The normalized spacial score (nSPS) is 15.2. The molecule has 1 aromatic rings. The van der Waals surface area contributed by atoms with E-state index in [0.29, 0.717) is 13.0 Å². The molecule has 1 aliphatic heterocycles. The number of piperidine rings is 1. The average molecular weight is 362 g/mol. The molecule has 0 saturated carbocycles. The highest BCUT2D eigenvalue weighted by molar-refractivity contribution is 5.96. The summed E-state index contributed by atoms with van der Waals surface area (Å²) < 4.78 is 11.3. The third kappa shape index (κ3) is 7.08. The lowest BCUT2D eigenvalue weighted by molar-refractivity contribution is 0.0958. The van der Waals surface area contributed by atoms with Gasteiger partial charge in [-0.3, -0.25) is 4.79 Å². The second-order valence-electron chi connectivity index (χ2n) is 7.00. The summed E-state index contributed by atoms with van der Waals surface area (Å²) in [7, 11) is 0. The largest absolute Gasteiger partial charge is 0.493 e. The molecular formula is C22H35NO3. The topological polar surface area (TPSA) is 38.8 Å². The van der Waals surface area contributed by atoms with Crippen LogP contribution in [0.15, 0.2) is 18.2 Å². The monoisotopic (exact) mass is 361 g/mol. The van der Waals surface area contributed by atoms with Crippen LogP contribution in [-0.2, 0) is 11.2 Å². The van der Waals surface area contributed by atoms with Crippen LogP contribution in [0.2, 0.25) is 0 Å². The lowest BCUT2D eigenvalue weighted by Crippen LogP contribution is -2.31. The van der Waals surface area contributed by atoms with E-state index in [1.807, 2.05) is 25.1 Å². The smallest absolute Gasteiger partial charge is 0.164 e. The Morgan fingerprint density at radius 3 is 2.58 bits per heavy atom. The second-order valence-corrected chi connectivity index (χ2v) is 7.00. The number of ether oxygens (including phenoxy) is 2. The Balaban J connectivity index is 1.81. The molecule has 1 saturated heterocycles. The molecule has 0 radical (unpaired) electrons. The molecule has 0 N–H and O–H groups in total. The first-order valence-corrected chi connectivity index (χ1v) is 10.3. The fourth-order valence-electron chi connectivity index (χ4n) is 3.39. The van der Waals surface area contributed by atoms with Crippen molar-refractivity contribution in [2.45, 2.75) is 58.8 Å². The highest BCUT2D eigenvalue weighted by atomic mass is 16.5. The molecule has 26 heavy (non-hydrogen) atoms. The van der Waals surface area contributed by atoms with Crippen molar-refractivity contribution in [3.05, 3.63) is 29.3 Å². The Kier molecular flexibility index (Phi) is 9.72. The van der Waals surface area contributed by atoms with Crippen molar-refractivity contribution in [2.75, 3.05) is 39.5 Å². The SMILES string of the molecule is CCOCCCCOc1ccc(C(=O)CCN2CCCCC2)cc1CC. The summed E-state index contributed by atoms with van der Waals surface area (Å²) >= 11 is 0. The molecule has 0 aliphatic carbocycles. The van der Waals surface area contributed by atoms with Crippen molar-refractivity contribution in [1.82, 2.24) is 4.90 Å². The maximum Gasteiger partial charge on any atom is 0.164 e. The average Bonchev–Trinajstić information content (AvgIpc) is 2.69. The number of benzene rings is 1. The molecule has 1 heterocycles. The van der Waals surface area contributed by atoms with E-state index in [1.54, 1.807) is 0 Å². The van der Waals surface area contributed by atoms with E-state index < -0.39 is 0 Å². The number of nitrogens with zero attached hydrogens (tertiary/aromatic N) is 1. The quantitative estimate of drug-likeness (QED) is 0.406. The maximum atomic E-state index is 12.5. The zero-order valence-corrected chi connectivity index (χ0v) is 16.6. The fraction of sp³-hybridized carbons (Fsp3) is 0.682. The number of carbonyl (C=O) groups excluding carboxylic acids is 1. The predicted molar refractivity (Wildman–Crippen MR) is 106 cm³/mol. The van der Waals surface area contributed by atoms with Crippen LogP contribution in [0, 0.1) is 0 Å². The van der Waals surface area contributed by atoms with Crippen LogP contribution in [0.4, 0.5) is 0 Å². The Bertz CT molecular complexity index is 538. The zero-order valence-electron chi connectivity index (χ0n) is 16.6. The van der Waals surface area contributed by atoms with Gasteiger partial charge in [-0.1, -0.05) is 13.3 Å². The van der Waals surface area contributed by atoms with Gasteiger partial charge in [-0.2, -0.15) is 0 Å². The first-order chi connectivity index (χ1) is 12.7. The number of hydrogen-bond acceptors (Lipinski definition) is 4. The first-order valence-electron chi connectivity index (χ1n) is 10.3. The van der Waals surface area contributed by atoms with E-state index in [4.69, 9.17) is 9.47 Å². The van der Waals surface area contributed by atoms with E-state index in [-0.39, 0.29) is 5.78 Å². The summed E-state index contributed by atoms with van der Waals surface area (Å²) in [5.41, 5.74) is 1.95. The molecule has 2 rings (SSSR count). The standard InChI is InChI=1S/C22H35NO3/c1-3-19-18-20(21(24)12-15-23-13-6-5-7-14-23)10-11-22(19)26-17-9-8-16-25-4-2/h10-11,18H,3-9,12-17H2,1-2H3. The predicted octanol–water partition coefficient (Wildman–Crippen LogP) is 4.50. The number of ketones is 1. The molecule has 0 amide bonds. The van der Waals surface area contributed by atoms with Crippen molar-refractivity contribution >= 4 is 5.78 Å². The van der Waals surface area contributed by atoms with Gasteiger partial charge in [-0.25, -0.2) is 0 Å². The van der Waals surface area contributed by atoms with Crippen LogP contribution in [0.3, 0.4) is 0 Å². The molecule has 1 aromatic carbocycles. The lowest BCUT2D eigenvalue weighted by Gasteiger charge is -2.26. The minimum Gasteiger partial charge on any atom is -0.493 e. The van der Waals surface area contributed by atoms with Crippen molar-refractivity contribution < 1.29 is 14.3 Å². The molecule has 0 unspecified atom stereocenters. The number of aryl methyl sites for hydroxylation is 1. The second kappa shape index (κ2) is 12.1. The van der Waals surface area contributed by atoms with Crippen LogP contribution in [0.25, 0.3) is 0 Å². The van der Waals surface area contributed by atoms with E-state index in [2.05, 4.69) is 11.8 Å². The van der Waals surface area contributed by atoms with Gasteiger partial charge in [0.2, 0.25) is 0 Å². The van der Waals surface area contributed by atoms with Crippen LogP contribution < -0.4 is 4.74 Å². The minimum absolute atomic E-state index is 0.244. The summed E-state index contributed by atoms with van der Waals surface area (Å²) in [6, 6.07) is 5.91. The molecule has 1 aliphatic rings. The summed E-state index contributed by atoms with van der Waals surface area (Å²) in [6.07, 6.45) is 7.36. The molecule has 0 bridgehead atoms. The van der Waals surface area contributed by atoms with Gasteiger partial charge in [0.25, 0.3) is 0 Å². The Labute approximate surface area is 158 Å². The Hall–Kier alpha value is -1.39. The van der Waals surface area contributed by atoms with Gasteiger partial charge in [-0.05, 0) is 75.9 Å². The summed E-state index contributed by atoms with van der Waals surface area (Å²) in [6.45, 7) is 9.56. The summed E-state index contributed by atoms with van der Waals surface area (Å²) in [5.74, 6) is 1.16. The maximum absolute atomic E-state index is 12.5. The Morgan fingerprint density at radius 1 is 1.08 bits per heavy atom. The first kappa shape index (κ1) is 20.9. The molecule has 1 fully saturated rings. The van der Waals surface area contributed by atoms with Gasteiger partial charge in [0.05, 0.1) is 6.61 Å². The van der Waals surface area contributed by atoms with Crippen LogP contribution in [0.1, 0.15) is 68.3 Å². The van der Waals surface area contributed by atoms with Gasteiger partial charge in [0.15, 0.2) is 5.78 Å². The Morgan fingerprint density at radius 2 is 1.85 bits per heavy atom. The molecule has 4 nitrogen and oxygen atoms in total. The molecular weight excluding hydrogens is 326 g/mol. The fourth-order valence-corrected chi connectivity index (χ4v) is 3.39. The highest BCUT2D eigenvalue weighted by Crippen LogP contribution is 2.22. The van der Waals surface area contributed by atoms with E-state index in [9.17, 15) is 4.79 Å². The van der Waals surface area contributed by atoms with Crippen LogP contribution in [-0.4, -0.2) is 50.1 Å². The minimum atomic E-state index is 0.244. The van der Waals surface area contributed by atoms with E-state index >= 15 is 0 Å². The molecule has 4 heteroatoms. The number of Topliss-reactive ketones (excluding diaryl/α,β-unsaturated/α-hetero) is 1. The van der Waals surface area contributed by atoms with E-state index in [1.165, 1.54) is 19.3 Å². The number of hydrogen-bond donors (Lipinski definition) is 0. The van der Waals surface area contributed by atoms with Crippen molar-refractivity contribution in [3.8, 4) is 5.75 Å². The van der Waals surface area contributed by atoms with Gasteiger partial charge >= 0.3 is 0 Å². The summed E-state index contributed by atoms with van der Waals surface area (Å²) in [4.78, 5) is 15.0. The molecule has 0 atom stereocenters. The number of carbonyl (C=O) groups is 1. The third-order valence-electron chi connectivity index (χ3n) is 5.01. The number of unbranched alkanes of at least 4 members (excludes halogenated alkanes) is 1. The molecule has 146 valence electrons. The van der Waals surface area contributed by atoms with Gasteiger partial charge in [0, 0.05) is 31.7 Å². The van der Waals surface area contributed by atoms with E-state index in [0.717, 1.165) is 69.0 Å². The van der Waals surface area contributed by atoms with Crippen LogP contribution >= 0.6 is 0 Å². The van der Waals surface area contributed by atoms with Crippen molar-refractivity contribution in [3.63, 3.8) is 0 Å². The van der Waals surface area contributed by atoms with Crippen molar-refractivity contribution in [2.24, 2.45) is 0 Å². The molecule has 0 aromatic heterocycles. The number of likely N-dealkylation sites (tertiary alicyclic amines) is 1. The third-order valence-corrected chi connectivity index (χ3v) is 5.01. The highest BCUT2D eigenvalue weighted by Gasteiger charge is 2.14. The van der Waals surface area contributed by atoms with Gasteiger partial charge in [-0.15, -0.1) is 0 Å². The molecule has 0 spiro atoms. The lowest BCUT2D eigenvalue weighted by atomic mass is 10.0. The van der Waals surface area contributed by atoms with Gasteiger partial charge in [0.1, 0.15) is 5.75 Å². The van der Waals surface area contributed by atoms with Crippen molar-refractivity contribution in [1.29, 1.82) is 0 Å². The zero-order chi connectivity index (χ0) is 18.6. The summed E-state index contributed by atoms with van der Waals surface area (Å²) in [5, 5.41) is 0. The van der Waals surface area contributed by atoms with Gasteiger partial charge < -0.3 is 14.4 Å². The van der Waals surface area contributed by atoms with Crippen LogP contribution in [0.5, 0.6) is 5.75 Å². The number of rotatable bonds is 12.